The van der Waals surface area contributed by atoms with Crippen molar-refractivity contribution >= 4 is 54.9 Å². The maximum Gasteiger partial charge on any atom is 0.149 e. The Morgan fingerprint density at radius 1 is 0.553 bits per heavy atom. The number of aromatic nitrogens is 2. The van der Waals surface area contributed by atoms with Gasteiger partial charge in [-0.1, -0.05) is 100 Å². The quantitative estimate of drug-likeness (QED) is 0.195. The van der Waals surface area contributed by atoms with E-state index in [-0.39, 0.29) is 11.8 Å². The van der Waals surface area contributed by atoms with Crippen LogP contribution >= 0.6 is 0 Å². The molecule has 3 aromatic heterocycles. The van der Waals surface area contributed by atoms with Crippen molar-refractivity contribution in [2.75, 3.05) is 0 Å². The predicted octanol–water partition coefficient (Wildman–Crippen LogP) is 12.4. The summed E-state index contributed by atoms with van der Waals surface area (Å²) in [4.78, 5) is 5.35. The highest BCUT2D eigenvalue weighted by atomic mass is 16.3. The van der Waals surface area contributed by atoms with Gasteiger partial charge in [-0.05, 0) is 82.6 Å². The fourth-order valence-corrected chi connectivity index (χ4v) is 7.33. The molecule has 0 aliphatic carbocycles. The van der Waals surface area contributed by atoms with Gasteiger partial charge in [0.05, 0.1) is 22.3 Å². The molecule has 47 heavy (non-hydrogen) atoms. The first-order valence-electron chi connectivity index (χ1n) is 16.4. The van der Waals surface area contributed by atoms with Gasteiger partial charge < -0.3 is 8.83 Å². The molecule has 0 atom stereocenters. The van der Waals surface area contributed by atoms with Crippen molar-refractivity contribution in [3.8, 4) is 28.2 Å². The fourth-order valence-electron chi connectivity index (χ4n) is 7.33. The fraction of sp³-hybridized carbons (Fsp3) is 0.140. The average Bonchev–Trinajstić information content (AvgIpc) is 3.79. The van der Waals surface area contributed by atoms with Gasteiger partial charge in [0.2, 0.25) is 0 Å². The molecule has 0 amide bonds. The second-order valence-corrected chi connectivity index (χ2v) is 13.1. The van der Waals surface area contributed by atoms with Crippen LogP contribution in [0.15, 0.2) is 130 Å². The van der Waals surface area contributed by atoms with Gasteiger partial charge in [0, 0.05) is 21.5 Å². The summed E-state index contributed by atoms with van der Waals surface area (Å²) in [6.45, 7) is 9.15. The molecule has 9 aromatic rings. The monoisotopic (exact) mass is 610 g/mol. The molecular weight excluding hydrogens is 576 g/mol. The van der Waals surface area contributed by atoms with E-state index >= 15 is 0 Å². The minimum Gasteiger partial charge on any atom is -0.456 e. The standard InChI is InChI=1S/C43H34N2O2/c1-25(2)32-23-28(27-13-6-5-7-14-27)24-33(26(3)4)41(32)45-35-19-10-9-18-34(35)44-43(45)31-17-12-16-30-40-38(47-42(30)31)22-21-37-39(40)29-15-8-11-20-36(29)46-37/h5-26H,1-4H3. The van der Waals surface area contributed by atoms with E-state index in [0.717, 1.165) is 66.3 Å². The minimum atomic E-state index is 0.282. The van der Waals surface area contributed by atoms with Crippen LogP contribution in [0.2, 0.25) is 0 Å². The molecule has 6 aromatic carbocycles. The lowest BCUT2D eigenvalue weighted by molar-refractivity contribution is 0.663. The van der Waals surface area contributed by atoms with Crippen molar-refractivity contribution in [3.05, 3.63) is 132 Å². The lowest BCUT2D eigenvalue weighted by Crippen LogP contribution is -2.09. The second-order valence-electron chi connectivity index (χ2n) is 13.1. The molecule has 0 saturated heterocycles. The highest BCUT2D eigenvalue weighted by Gasteiger charge is 2.26. The maximum atomic E-state index is 6.79. The van der Waals surface area contributed by atoms with Crippen LogP contribution in [0.1, 0.15) is 50.7 Å². The van der Waals surface area contributed by atoms with E-state index in [9.17, 15) is 0 Å². The molecule has 0 radical (unpaired) electrons. The van der Waals surface area contributed by atoms with Crippen LogP contribution in [0.4, 0.5) is 0 Å². The van der Waals surface area contributed by atoms with Gasteiger partial charge in [-0.15, -0.1) is 0 Å². The van der Waals surface area contributed by atoms with Gasteiger partial charge in [-0.25, -0.2) is 4.98 Å². The third-order valence-electron chi connectivity index (χ3n) is 9.55. The molecule has 4 heteroatoms. The van der Waals surface area contributed by atoms with Crippen LogP contribution in [0, 0.1) is 0 Å². The Morgan fingerprint density at radius 2 is 1.19 bits per heavy atom. The molecule has 4 nitrogen and oxygen atoms in total. The number of rotatable bonds is 5. The van der Waals surface area contributed by atoms with Gasteiger partial charge in [-0.2, -0.15) is 0 Å². The zero-order valence-electron chi connectivity index (χ0n) is 26.9. The predicted molar refractivity (Wildman–Crippen MR) is 195 cm³/mol. The molecule has 0 fully saturated rings. The number of para-hydroxylation sites is 4. The summed E-state index contributed by atoms with van der Waals surface area (Å²) < 4.78 is 15.4. The molecule has 0 aliphatic heterocycles. The zero-order chi connectivity index (χ0) is 31.8. The smallest absolute Gasteiger partial charge is 0.149 e. The Balaban J connectivity index is 1.38. The van der Waals surface area contributed by atoms with Gasteiger partial charge in [0.25, 0.3) is 0 Å². The number of imidazole rings is 1. The van der Waals surface area contributed by atoms with Gasteiger partial charge in [-0.3, -0.25) is 4.57 Å². The molecule has 228 valence electrons. The summed E-state index contributed by atoms with van der Waals surface area (Å²) in [7, 11) is 0. The molecule has 0 N–H and O–H groups in total. The van der Waals surface area contributed by atoms with Crippen molar-refractivity contribution in [1.82, 2.24) is 9.55 Å². The first-order valence-corrected chi connectivity index (χ1v) is 16.4. The van der Waals surface area contributed by atoms with E-state index in [1.54, 1.807) is 0 Å². The van der Waals surface area contributed by atoms with E-state index in [4.69, 9.17) is 13.8 Å². The summed E-state index contributed by atoms with van der Waals surface area (Å²) in [6, 6.07) is 42.6. The molecule has 9 rings (SSSR count). The Labute approximate surface area is 272 Å². The minimum absolute atomic E-state index is 0.282. The second kappa shape index (κ2) is 10.5. The molecular formula is C43H34N2O2. The lowest BCUT2D eigenvalue weighted by Gasteiger charge is -2.24. The summed E-state index contributed by atoms with van der Waals surface area (Å²) in [5.74, 6) is 1.44. The van der Waals surface area contributed by atoms with E-state index in [1.807, 2.05) is 24.3 Å². The third-order valence-corrected chi connectivity index (χ3v) is 9.55. The van der Waals surface area contributed by atoms with E-state index < -0.39 is 0 Å². The van der Waals surface area contributed by atoms with Crippen molar-refractivity contribution in [3.63, 3.8) is 0 Å². The first kappa shape index (κ1) is 27.7. The number of fused-ring (bicyclic) bond motifs is 8. The van der Waals surface area contributed by atoms with Crippen molar-refractivity contribution < 1.29 is 8.83 Å². The Bertz CT molecular complexity index is 2600. The average molecular weight is 611 g/mol. The number of furan rings is 2. The van der Waals surface area contributed by atoms with Crippen LogP contribution in [0.3, 0.4) is 0 Å². The van der Waals surface area contributed by atoms with Gasteiger partial charge in [0.15, 0.2) is 0 Å². The van der Waals surface area contributed by atoms with Gasteiger partial charge >= 0.3 is 0 Å². The summed E-state index contributed by atoms with van der Waals surface area (Å²) >= 11 is 0. The largest absolute Gasteiger partial charge is 0.456 e. The van der Waals surface area contributed by atoms with E-state index in [1.165, 1.54) is 27.9 Å². The van der Waals surface area contributed by atoms with Crippen molar-refractivity contribution in [2.45, 2.75) is 39.5 Å². The number of hydrogen-bond donors (Lipinski definition) is 0. The number of nitrogens with zero attached hydrogens (tertiary/aromatic N) is 2. The van der Waals surface area contributed by atoms with Crippen LogP contribution in [-0.4, -0.2) is 9.55 Å². The van der Waals surface area contributed by atoms with Crippen LogP contribution < -0.4 is 0 Å². The third kappa shape index (κ3) is 4.18. The van der Waals surface area contributed by atoms with Crippen molar-refractivity contribution in [1.29, 1.82) is 0 Å². The van der Waals surface area contributed by atoms with Crippen LogP contribution in [-0.2, 0) is 0 Å². The van der Waals surface area contributed by atoms with Crippen LogP contribution in [0.25, 0.3) is 83.1 Å². The Hall–Kier alpha value is -5.61. The molecule has 0 unspecified atom stereocenters. The lowest BCUT2D eigenvalue weighted by atomic mass is 9.88. The molecule has 0 spiro atoms. The topological polar surface area (TPSA) is 44.1 Å². The SMILES string of the molecule is CC(C)c1cc(-c2ccccc2)cc(C(C)C)c1-n1c(-c2cccc3c2oc2ccc4oc5ccccc5c4c23)nc2ccccc21. The van der Waals surface area contributed by atoms with Crippen LogP contribution in [0.5, 0.6) is 0 Å². The molecule has 0 saturated carbocycles. The van der Waals surface area contributed by atoms with E-state index in [0.29, 0.717) is 0 Å². The summed E-state index contributed by atoms with van der Waals surface area (Å²) in [6.07, 6.45) is 0. The van der Waals surface area contributed by atoms with Gasteiger partial charge in [0.1, 0.15) is 28.2 Å². The summed E-state index contributed by atoms with van der Waals surface area (Å²) in [5, 5.41) is 4.31. The number of benzene rings is 6. The molecule has 3 heterocycles. The highest BCUT2D eigenvalue weighted by molar-refractivity contribution is 6.26. The Kier molecular flexibility index (Phi) is 6.16. The normalized spacial score (nSPS) is 12.2. The Morgan fingerprint density at radius 3 is 1.96 bits per heavy atom. The zero-order valence-corrected chi connectivity index (χ0v) is 26.9. The summed E-state index contributed by atoms with van der Waals surface area (Å²) in [5.41, 5.74) is 12.7. The highest BCUT2D eigenvalue weighted by Crippen LogP contribution is 2.45. The maximum absolute atomic E-state index is 6.79. The van der Waals surface area contributed by atoms with Crippen molar-refractivity contribution in [2.24, 2.45) is 0 Å². The molecule has 0 bridgehead atoms. The molecule has 0 aliphatic rings. The first-order chi connectivity index (χ1) is 23.0. The number of hydrogen-bond acceptors (Lipinski definition) is 3. The van der Waals surface area contributed by atoms with E-state index in [2.05, 4.69) is 129 Å².